The number of hydrogen-bond donors (Lipinski definition) is 1. The van der Waals surface area contributed by atoms with Gasteiger partial charge in [0.1, 0.15) is 0 Å². The standard InChI is InChI=1S/C20H22Cl2N6O3/c1-11(9-26-12(2)8-18(25-26)28(30)31)20(29)23-19-13(3)24-27(14(19)4)10-15-16(21)6-5-7-17(15)22/h5-8,11H,9-10H2,1-4H3,(H,23,29). The molecule has 0 fully saturated rings. The molecule has 1 aromatic carbocycles. The van der Waals surface area contributed by atoms with Gasteiger partial charge in [-0.2, -0.15) is 9.78 Å². The van der Waals surface area contributed by atoms with Gasteiger partial charge in [-0.25, -0.2) is 0 Å². The topological polar surface area (TPSA) is 108 Å². The van der Waals surface area contributed by atoms with E-state index in [0.717, 1.165) is 11.3 Å². The first kappa shape index (κ1) is 22.8. The highest BCUT2D eigenvalue weighted by Gasteiger charge is 2.23. The molecule has 0 saturated heterocycles. The minimum atomic E-state index is -0.555. The fourth-order valence-electron chi connectivity index (χ4n) is 3.22. The highest BCUT2D eigenvalue weighted by atomic mass is 35.5. The molecule has 1 atom stereocenters. The van der Waals surface area contributed by atoms with Crippen LogP contribution in [0.4, 0.5) is 11.5 Å². The first-order valence-corrected chi connectivity index (χ1v) is 10.3. The van der Waals surface area contributed by atoms with Crippen LogP contribution in [0.3, 0.4) is 0 Å². The molecule has 1 N–H and O–H groups in total. The molecule has 0 aliphatic carbocycles. The van der Waals surface area contributed by atoms with Crippen molar-refractivity contribution in [3.05, 3.63) is 67.1 Å². The SMILES string of the molecule is Cc1nn(Cc2c(Cl)cccc2Cl)c(C)c1NC(=O)C(C)Cn1nc([N+](=O)[O-])cc1C. The lowest BCUT2D eigenvalue weighted by Crippen LogP contribution is -2.25. The number of nitrogens with one attached hydrogen (secondary N) is 1. The second kappa shape index (κ2) is 9.07. The molecule has 0 radical (unpaired) electrons. The Kier molecular flexibility index (Phi) is 6.66. The molecule has 9 nitrogen and oxygen atoms in total. The maximum atomic E-state index is 12.8. The van der Waals surface area contributed by atoms with Gasteiger partial charge in [0.25, 0.3) is 0 Å². The third-order valence-corrected chi connectivity index (χ3v) is 5.76. The second-order valence-corrected chi connectivity index (χ2v) is 8.19. The predicted octanol–water partition coefficient (Wildman–Crippen LogP) is 4.54. The summed E-state index contributed by atoms with van der Waals surface area (Å²) in [5, 5.41) is 23.4. The normalized spacial score (nSPS) is 12.1. The molecule has 0 aliphatic heterocycles. The minimum Gasteiger partial charge on any atom is -0.358 e. The minimum absolute atomic E-state index is 0.215. The molecule has 2 heterocycles. The van der Waals surface area contributed by atoms with Gasteiger partial charge in [-0.15, -0.1) is 0 Å². The highest BCUT2D eigenvalue weighted by Crippen LogP contribution is 2.27. The Bertz CT molecular complexity index is 1130. The first-order chi connectivity index (χ1) is 14.6. The fourth-order valence-corrected chi connectivity index (χ4v) is 3.74. The molecule has 1 amide bonds. The van der Waals surface area contributed by atoms with Crippen LogP contribution in [0.5, 0.6) is 0 Å². The van der Waals surface area contributed by atoms with E-state index in [4.69, 9.17) is 23.2 Å². The summed E-state index contributed by atoms with van der Waals surface area (Å²) in [5.41, 5.74) is 3.40. The van der Waals surface area contributed by atoms with Gasteiger partial charge in [-0.3, -0.25) is 9.48 Å². The predicted molar refractivity (Wildman–Crippen MR) is 119 cm³/mol. The number of carbonyl (C=O) groups excluding carboxylic acids is 1. The average molecular weight is 465 g/mol. The van der Waals surface area contributed by atoms with Gasteiger partial charge in [0.15, 0.2) is 0 Å². The Labute approximate surface area is 189 Å². The Morgan fingerprint density at radius 1 is 1.19 bits per heavy atom. The third-order valence-electron chi connectivity index (χ3n) is 5.05. The van der Waals surface area contributed by atoms with Crippen molar-refractivity contribution in [3.8, 4) is 0 Å². The van der Waals surface area contributed by atoms with Crippen LogP contribution >= 0.6 is 23.2 Å². The molecular formula is C20H22Cl2N6O3. The summed E-state index contributed by atoms with van der Waals surface area (Å²) in [6.45, 7) is 7.69. The molecule has 2 aromatic heterocycles. The molecule has 0 bridgehead atoms. The van der Waals surface area contributed by atoms with Gasteiger partial charge in [-0.05, 0) is 37.8 Å². The van der Waals surface area contributed by atoms with Gasteiger partial charge in [0.2, 0.25) is 5.91 Å². The lowest BCUT2D eigenvalue weighted by atomic mass is 10.1. The van der Waals surface area contributed by atoms with Crippen molar-refractivity contribution < 1.29 is 9.72 Å². The maximum Gasteiger partial charge on any atom is 0.390 e. The number of carbonyl (C=O) groups is 1. The van der Waals surface area contributed by atoms with E-state index in [9.17, 15) is 14.9 Å². The summed E-state index contributed by atoms with van der Waals surface area (Å²) in [4.78, 5) is 23.1. The summed E-state index contributed by atoms with van der Waals surface area (Å²) in [5.74, 6) is -0.950. The zero-order valence-corrected chi connectivity index (χ0v) is 19.0. The fraction of sp³-hybridized carbons (Fsp3) is 0.350. The number of nitro groups is 1. The van der Waals surface area contributed by atoms with Crippen LogP contribution in [0.25, 0.3) is 0 Å². The number of anilines is 1. The quantitative estimate of drug-likeness (QED) is 0.407. The largest absolute Gasteiger partial charge is 0.390 e. The van der Waals surface area contributed by atoms with E-state index in [1.165, 1.54) is 10.7 Å². The van der Waals surface area contributed by atoms with Gasteiger partial charge in [0.05, 0.1) is 52.9 Å². The number of hydrogen-bond acceptors (Lipinski definition) is 5. The molecule has 1 unspecified atom stereocenters. The number of aromatic nitrogens is 4. The van der Waals surface area contributed by atoms with Gasteiger partial charge < -0.3 is 15.4 Å². The Morgan fingerprint density at radius 2 is 1.84 bits per heavy atom. The molecule has 31 heavy (non-hydrogen) atoms. The zero-order valence-electron chi connectivity index (χ0n) is 17.5. The van der Waals surface area contributed by atoms with Gasteiger partial charge in [0, 0.05) is 15.6 Å². The molecule has 11 heteroatoms. The summed E-state index contributed by atoms with van der Waals surface area (Å²) in [6, 6.07) is 6.68. The number of amides is 1. The van der Waals surface area contributed by atoms with E-state index >= 15 is 0 Å². The van der Waals surface area contributed by atoms with Crippen LogP contribution in [-0.2, 0) is 17.9 Å². The van der Waals surface area contributed by atoms with Crippen molar-refractivity contribution in [1.29, 1.82) is 0 Å². The summed E-state index contributed by atoms with van der Waals surface area (Å²) in [6.07, 6.45) is 0. The van der Waals surface area contributed by atoms with Crippen molar-refractivity contribution in [1.82, 2.24) is 19.6 Å². The van der Waals surface area contributed by atoms with Gasteiger partial charge >= 0.3 is 5.82 Å². The van der Waals surface area contributed by atoms with Crippen LogP contribution in [0, 0.1) is 36.8 Å². The number of halogens is 2. The van der Waals surface area contributed by atoms with E-state index in [-0.39, 0.29) is 18.3 Å². The average Bonchev–Trinajstić information content (AvgIpc) is 3.19. The van der Waals surface area contributed by atoms with Crippen molar-refractivity contribution in [2.45, 2.75) is 40.8 Å². The first-order valence-electron chi connectivity index (χ1n) is 9.55. The monoisotopic (exact) mass is 464 g/mol. The molecule has 0 spiro atoms. The maximum absolute atomic E-state index is 12.8. The van der Waals surface area contributed by atoms with Crippen LogP contribution in [0.2, 0.25) is 10.0 Å². The van der Waals surface area contributed by atoms with Crippen molar-refractivity contribution in [2.24, 2.45) is 5.92 Å². The molecule has 3 aromatic rings. The van der Waals surface area contributed by atoms with E-state index in [0.29, 0.717) is 33.7 Å². The van der Waals surface area contributed by atoms with E-state index in [1.54, 1.807) is 43.7 Å². The Hall–Kier alpha value is -2.91. The van der Waals surface area contributed by atoms with Crippen LogP contribution in [0.15, 0.2) is 24.3 Å². The highest BCUT2D eigenvalue weighted by molar-refractivity contribution is 6.35. The number of rotatable bonds is 7. The summed E-state index contributed by atoms with van der Waals surface area (Å²) >= 11 is 12.5. The summed E-state index contributed by atoms with van der Waals surface area (Å²) < 4.78 is 3.20. The number of benzene rings is 1. The number of nitrogens with zero attached hydrogens (tertiary/aromatic N) is 5. The Morgan fingerprint density at radius 3 is 2.42 bits per heavy atom. The molecule has 3 rings (SSSR count). The second-order valence-electron chi connectivity index (χ2n) is 7.38. The lowest BCUT2D eigenvalue weighted by Gasteiger charge is -2.13. The molecule has 164 valence electrons. The van der Waals surface area contributed by atoms with Crippen molar-refractivity contribution in [2.75, 3.05) is 5.32 Å². The van der Waals surface area contributed by atoms with Crippen molar-refractivity contribution in [3.63, 3.8) is 0 Å². The zero-order chi connectivity index (χ0) is 22.9. The third kappa shape index (κ3) is 4.88. The lowest BCUT2D eigenvalue weighted by molar-refractivity contribution is -0.389. The van der Waals surface area contributed by atoms with E-state index < -0.39 is 10.8 Å². The Balaban J connectivity index is 1.75. The molecule has 0 saturated carbocycles. The van der Waals surface area contributed by atoms with Gasteiger partial charge in [-0.1, -0.05) is 36.2 Å². The van der Waals surface area contributed by atoms with Crippen LogP contribution in [-0.4, -0.2) is 30.4 Å². The van der Waals surface area contributed by atoms with E-state index in [2.05, 4.69) is 15.5 Å². The molecular weight excluding hydrogens is 443 g/mol. The summed E-state index contributed by atoms with van der Waals surface area (Å²) in [7, 11) is 0. The van der Waals surface area contributed by atoms with E-state index in [1.807, 2.05) is 6.92 Å². The number of aryl methyl sites for hydroxylation is 2. The molecule has 0 aliphatic rings. The van der Waals surface area contributed by atoms with Crippen molar-refractivity contribution >= 4 is 40.6 Å². The smallest absolute Gasteiger partial charge is 0.358 e. The van der Waals surface area contributed by atoms with Crippen LogP contribution < -0.4 is 5.32 Å². The van der Waals surface area contributed by atoms with Crippen LogP contribution in [0.1, 0.15) is 29.6 Å².